The van der Waals surface area contributed by atoms with Crippen LogP contribution in [-0.4, -0.2) is 26.5 Å². The van der Waals surface area contributed by atoms with Crippen molar-refractivity contribution < 1.29 is 9.21 Å². The van der Waals surface area contributed by atoms with Crippen LogP contribution >= 0.6 is 23.3 Å². The Balaban J connectivity index is 2.14. The van der Waals surface area contributed by atoms with Gasteiger partial charge in [0, 0.05) is 5.92 Å². The first-order valence-electron chi connectivity index (χ1n) is 5.24. The van der Waals surface area contributed by atoms with E-state index in [9.17, 15) is 4.79 Å². The lowest BCUT2D eigenvalue weighted by Gasteiger charge is -2.02. The summed E-state index contributed by atoms with van der Waals surface area (Å²) in [4.78, 5) is 20.0. The summed E-state index contributed by atoms with van der Waals surface area (Å²) in [5, 5.41) is 2.61. The van der Waals surface area contributed by atoms with Crippen LogP contribution in [0.5, 0.6) is 0 Å². The molecule has 0 bridgehead atoms. The summed E-state index contributed by atoms with van der Waals surface area (Å²) in [7, 11) is 0. The van der Waals surface area contributed by atoms with Crippen molar-refractivity contribution in [2.45, 2.75) is 24.1 Å². The number of aromatic nitrogens is 3. The highest BCUT2D eigenvalue weighted by molar-refractivity contribution is 8.00. The Labute approximate surface area is 112 Å². The highest BCUT2D eigenvalue weighted by atomic mass is 32.2. The Kier molecular flexibility index (Phi) is 3.97. The van der Waals surface area contributed by atoms with E-state index in [-0.39, 0.29) is 17.5 Å². The molecule has 6 nitrogen and oxygen atoms in total. The summed E-state index contributed by atoms with van der Waals surface area (Å²) < 4.78 is 10.0. The van der Waals surface area contributed by atoms with E-state index in [0.29, 0.717) is 11.7 Å². The third kappa shape index (κ3) is 2.70. The van der Waals surface area contributed by atoms with E-state index >= 15 is 0 Å². The molecule has 0 saturated heterocycles. The number of thioether (sulfide) groups is 1. The van der Waals surface area contributed by atoms with E-state index in [1.165, 1.54) is 29.7 Å². The monoisotopic (exact) mass is 284 g/mol. The number of oxazole rings is 1. The first-order valence-corrected chi connectivity index (χ1v) is 7.24. The van der Waals surface area contributed by atoms with E-state index in [1.54, 1.807) is 0 Å². The van der Waals surface area contributed by atoms with Crippen LogP contribution in [0.4, 0.5) is 5.95 Å². The van der Waals surface area contributed by atoms with Crippen molar-refractivity contribution in [3.8, 4) is 0 Å². The largest absolute Gasteiger partial charge is 0.447 e. The second kappa shape index (κ2) is 5.49. The summed E-state index contributed by atoms with van der Waals surface area (Å²) in [5.74, 6) is 0.608. The number of anilines is 1. The maximum atomic E-state index is 12.0. The quantitative estimate of drug-likeness (QED) is 0.869. The van der Waals surface area contributed by atoms with Gasteiger partial charge in [-0.15, -0.1) is 0 Å². The average molecular weight is 284 g/mol. The SMILES string of the molecule is CSc1nc(NC(=O)c2ncoc2C(C)C)ns1. The van der Waals surface area contributed by atoms with Gasteiger partial charge in [-0.3, -0.25) is 10.1 Å². The standard InChI is InChI=1S/C10H12N4O2S2/c1-5(2)7-6(11-4-16-7)8(15)12-9-13-10(17-3)18-14-9/h4-5H,1-3H3,(H,12,14,15). The van der Waals surface area contributed by atoms with Gasteiger partial charge in [-0.1, -0.05) is 25.6 Å². The first kappa shape index (κ1) is 13.0. The van der Waals surface area contributed by atoms with E-state index in [4.69, 9.17) is 4.42 Å². The van der Waals surface area contributed by atoms with Crippen LogP contribution in [0, 0.1) is 0 Å². The van der Waals surface area contributed by atoms with Crippen LogP contribution in [-0.2, 0) is 0 Å². The van der Waals surface area contributed by atoms with Gasteiger partial charge in [-0.25, -0.2) is 4.98 Å². The lowest BCUT2D eigenvalue weighted by molar-refractivity contribution is 0.101. The molecule has 0 unspecified atom stereocenters. The molecule has 2 aromatic heterocycles. The van der Waals surface area contributed by atoms with Gasteiger partial charge >= 0.3 is 0 Å². The number of hydrogen-bond acceptors (Lipinski definition) is 7. The zero-order chi connectivity index (χ0) is 13.1. The van der Waals surface area contributed by atoms with E-state index in [2.05, 4.69) is 19.7 Å². The molecule has 1 N–H and O–H groups in total. The first-order chi connectivity index (χ1) is 8.61. The Morgan fingerprint density at radius 1 is 1.56 bits per heavy atom. The zero-order valence-electron chi connectivity index (χ0n) is 10.1. The molecule has 2 heterocycles. The number of carbonyl (C=O) groups excluding carboxylic acids is 1. The molecule has 0 radical (unpaired) electrons. The predicted octanol–water partition coefficient (Wildman–Crippen LogP) is 2.62. The summed E-state index contributed by atoms with van der Waals surface area (Å²) in [6, 6.07) is 0. The van der Waals surface area contributed by atoms with Crippen LogP contribution in [0.2, 0.25) is 0 Å². The lowest BCUT2D eigenvalue weighted by atomic mass is 10.1. The molecule has 0 aliphatic heterocycles. The molecule has 0 atom stereocenters. The van der Waals surface area contributed by atoms with Crippen LogP contribution in [0.25, 0.3) is 0 Å². The molecule has 96 valence electrons. The number of carbonyl (C=O) groups is 1. The van der Waals surface area contributed by atoms with Crippen LogP contribution in [0.3, 0.4) is 0 Å². The van der Waals surface area contributed by atoms with E-state index < -0.39 is 0 Å². The van der Waals surface area contributed by atoms with Crippen molar-refractivity contribution in [3.05, 3.63) is 17.8 Å². The summed E-state index contributed by atoms with van der Waals surface area (Å²) >= 11 is 2.72. The van der Waals surface area contributed by atoms with Crippen LogP contribution in [0.1, 0.15) is 36.0 Å². The number of amides is 1. The van der Waals surface area contributed by atoms with E-state index in [1.807, 2.05) is 20.1 Å². The van der Waals surface area contributed by atoms with E-state index in [0.717, 1.165) is 4.34 Å². The topological polar surface area (TPSA) is 80.9 Å². The molecular formula is C10H12N4O2S2. The molecule has 0 aliphatic carbocycles. The summed E-state index contributed by atoms with van der Waals surface area (Å²) in [6.45, 7) is 3.87. The maximum Gasteiger partial charge on any atom is 0.280 e. The van der Waals surface area contributed by atoms with Gasteiger partial charge in [0.1, 0.15) is 5.76 Å². The molecule has 18 heavy (non-hydrogen) atoms. The number of hydrogen-bond donors (Lipinski definition) is 1. The summed E-state index contributed by atoms with van der Waals surface area (Å²) in [6.07, 6.45) is 3.17. The van der Waals surface area contributed by atoms with Gasteiger partial charge in [0.2, 0.25) is 5.95 Å². The van der Waals surface area contributed by atoms with Crippen LogP contribution < -0.4 is 5.32 Å². The lowest BCUT2D eigenvalue weighted by Crippen LogP contribution is -2.15. The third-order valence-electron chi connectivity index (χ3n) is 2.14. The van der Waals surface area contributed by atoms with Gasteiger partial charge in [0.15, 0.2) is 16.4 Å². The normalized spacial score (nSPS) is 10.9. The van der Waals surface area contributed by atoms with Gasteiger partial charge in [-0.2, -0.15) is 9.36 Å². The van der Waals surface area contributed by atoms with Crippen molar-refractivity contribution in [1.82, 2.24) is 14.3 Å². The van der Waals surface area contributed by atoms with Gasteiger partial charge < -0.3 is 4.42 Å². The fourth-order valence-electron chi connectivity index (χ4n) is 1.34. The zero-order valence-corrected chi connectivity index (χ0v) is 11.8. The minimum Gasteiger partial charge on any atom is -0.447 e. The smallest absolute Gasteiger partial charge is 0.280 e. The Bertz CT molecular complexity index is 550. The van der Waals surface area contributed by atoms with Crippen molar-refractivity contribution >= 4 is 35.1 Å². The molecule has 2 rings (SSSR count). The Morgan fingerprint density at radius 3 is 2.94 bits per heavy atom. The molecule has 0 fully saturated rings. The second-order valence-corrected chi connectivity index (χ2v) is 5.57. The predicted molar refractivity (Wildman–Crippen MR) is 70.2 cm³/mol. The Morgan fingerprint density at radius 2 is 2.33 bits per heavy atom. The molecule has 0 spiro atoms. The van der Waals surface area contributed by atoms with Crippen molar-refractivity contribution in [1.29, 1.82) is 0 Å². The summed E-state index contributed by atoms with van der Waals surface area (Å²) in [5.41, 5.74) is 0.283. The highest BCUT2D eigenvalue weighted by Gasteiger charge is 2.20. The maximum absolute atomic E-state index is 12.0. The number of rotatable bonds is 4. The molecule has 2 aromatic rings. The third-order valence-corrected chi connectivity index (χ3v) is 3.82. The number of nitrogens with one attached hydrogen (secondary N) is 1. The fourth-order valence-corrected chi connectivity index (χ4v) is 2.31. The van der Waals surface area contributed by atoms with Gasteiger partial charge in [0.25, 0.3) is 5.91 Å². The molecule has 0 aromatic carbocycles. The minimum absolute atomic E-state index is 0.0957. The minimum atomic E-state index is -0.349. The second-order valence-electron chi connectivity index (χ2n) is 3.76. The molecule has 1 amide bonds. The molecule has 0 saturated carbocycles. The molecular weight excluding hydrogens is 272 g/mol. The van der Waals surface area contributed by atoms with Crippen molar-refractivity contribution in [2.24, 2.45) is 0 Å². The average Bonchev–Trinajstić information content (AvgIpc) is 2.96. The van der Waals surface area contributed by atoms with Crippen molar-refractivity contribution in [2.75, 3.05) is 11.6 Å². The van der Waals surface area contributed by atoms with Gasteiger partial charge in [0.05, 0.1) is 0 Å². The molecule has 8 heteroatoms. The van der Waals surface area contributed by atoms with Crippen molar-refractivity contribution in [3.63, 3.8) is 0 Å². The fraction of sp³-hybridized carbons (Fsp3) is 0.400. The Hall–Kier alpha value is -1.41. The van der Waals surface area contributed by atoms with Crippen LogP contribution in [0.15, 0.2) is 15.2 Å². The number of nitrogens with zero attached hydrogens (tertiary/aromatic N) is 3. The van der Waals surface area contributed by atoms with Gasteiger partial charge in [-0.05, 0) is 17.8 Å². The highest BCUT2D eigenvalue weighted by Crippen LogP contribution is 2.21. The molecule has 0 aliphatic rings.